The Morgan fingerprint density at radius 3 is 1.70 bits per heavy atom. The van der Waals surface area contributed by atoms with Crippen molar-refractivity contribution in [3.05, 3.63) is 96.3 Å². The van der Waals surface area contributed by atoms with Crippen LogP contribution < -0.4 is 0 Å². The molecule has 0 radical (unpaired) electrons. The van der Waals surface area contributed by atoms with Gasteiger partial charge in [0.25, 0.3) is 0 Å². The molecule has 0 amide bonds. The Kier molecular flexibility index (Phi) is 5.03. The summed E-state index contributed by atoms with van der Waals surface area (Å²) in [6.07, 6.45) is -1.53. The van der Waals surface area contributed by atoms with Crippen molar-refractivity contribution in [3.63, 3.8) is 0 Å². The Balaban J connectivity index is 1.61. The molecule has 3 aromatic carbocycles. The van der Waals surface area contributed by atoms with E-state index in [1.165, 1.54) is 24.5 Å². The quantitative estimate of drug-likeness (QED) is 0.347. The van der Waals surface area contributed by atoms with Gasteiger partial charge in [0.05, 0.1) is 11.1 Å². The number of alkyl halides is 3. The van der Waals surface area contributed by atoms with Gasteiger partial charge in [-0.15, -0.1) is 0 Å². The molecule has 0 spiro atoms. The topological polar surface area (TPSA) is 25.8 Å². The average Bonchev–Trinajstić information content (AvgIpc) is 2.74. The van der Waals surface area contributed by atoms with Crippen LogP contribution in [-0.2, 0) is 6.18 Å². The molecule has 0 fully saturated rings. The Morgan fingerprint density at radius 1 is 0.600 bits per heavy atom. The maximum atomic E-state index is 13.9. The number of aromatic nitrogens is 2. The fourth-order valence-electron chi connectivity index (χ4n) is 3.05. The van der Waals surface area contributed by atoms with E-state index in [4.69, 9.17) is 0 Å². The maximum absolute atomic E-state index is 13.9. The monoisotopic (exact) mass is 412 g/mol. The predicted octanol–water partition coefficient (Wildman–Crippen LogP) is 6.77. The van der Waals surface area contributed by atoms with Crippen LogP contribution in [0.25, 0.3) is 33.6 Å². The summed E-state index contributed by atoms with van der Waals surface area (Å²) in [7, 11) is 0. The van der Waals surface area contributed by atoms with Crippen molar-refractivity contribution < 1.29 is 22.0 Å². The van der Waals surface area contributed by atoms with E-state index in [1.807, 2.05) is 0 Å². The molecular formula is C23H13F5N2. The van der Waals surface area contributed by atoms with E-state index in [1.54, 1.807) is 30.3 Å². The molecule has 0 aliphatic heterocycles. The molecule has 0 N–H and O–H groups in total. The minimum absolute atomic E-state index is 0.0741. The normalized spacial score (nSPS) is 11.5. The molecule has 4 rings (SSSR count). The first kappa shape index (κ1) is 19.7. The van der Waals surface area contributed by atoms with Gasteiger partial charge in [-0.2, -0.15) is 13.2 Å². The van der Waals surface area contributed by atoms with Crippen molar-refractivity contribution in [1.29, 1.82) is 0 Å². The van der Waals surface area contributed by atoms with Crippen LogP contribution in [-0.4, -0.2) is 9.97 Å². The molecule has 0 bridgehead atoms. The van der Waals surface area contributed by atoms with E-state index in [9.17, 15) is 22.0 Å². The van der Waals surface area contributed by atoms with E-state index in [0.29, 0.717) is 22.3 Å². The fraction of sp³-hybridized carbons (Fsp3) is 0.0435. The molecule has 0 aliphatic rings. The third-order valence-corrected chi connectivity index (χ3v) is 4.58. The minimum atomic E-state index is -4.41. The molecule has 7 heteroatoms. The summed E-state index contributed by atoms with van der Waals surface area (Å²) in [5, 5.41) is 0. The van der Waals surface area contributed by atoms with Crippen molar-refractivity contribution in [2.75, 3.05) is 0 Å². The lowest BCUT2D eigenvalue weighted by molar-refractivity contribution is -0.137. The van der Waals surface area contributed by atoms with Crippen molar-refractivity contribution in [1.82, 2.24) is 9.97 Å². The zero-order chi connectivity index (χ0) is 21.3. The number of hydrogen-bond donors (Lipinski definition) is 0. The highest BCUT2D eigenvalue weighted by molar-refractivity contribution is 5.70. The molecule has 150 valence electrons. The second-order valence-corrected chi connectivity index (χ2v) is 6.55. The first-order valence-corrected chi connectivity index (χ1v) is 8.87. The predicted molar refractivity (Wildman–Crippen MR) is 103 cm³/mol. The molecule has 2 nitrogen and oxygen atoms in total. The third kappa shape index (κ3) is 3.91. The molecule has 0 aliphatic carbocycles. The molecule has 1 heterocycles. The van der Waals surface area contributed by atoms with Gasteiger partial charge < -0.3 is 0 Å². The van der Waals surface area contributed by atoms with Gasteiger partial charge in [0.1, 0.15) is 11.6 Å². The van der Waals surface area contributed by atoms with E-state index >= 15 is 0 Å². The lowest BCUT2D eigenvalue weighted by atomic mass is 10.00. The average molecular weight is 412 g/mol. The van der Waals surface area contributed by atoms with Gasteiger partial charge in [-0.25, -0.2) is 18.7 Å². The van der Waals surface area contributed by atoms with Crippen LogP contribution in [0.5, 0.6) is 0 Å². The summed E-state index contributed by atoms with van der Waals surface area (Å²) < 4.78 is 66.5. The third-order valence-electron chi connectivity index (χ3n) is 4.58. The standard InChI is InChI=1S/C23H13F5N2/c24-19-5-2-6-20(25)21(19)22-29-12-17(13-30-22)15-9-7-14(8-10-15)16-3-1-4-18(11-16)23(26,27)28/h1-13H. The van der Waals surface area contributed by atoms with Crippen molar-refractivity contribution >= 4 is 0 Å². The maximum Gasteiger partial charge on any atom is 0.416 e. The highest BCUT2D eigenvalue weighted by Gasteiger charge is 2.30. The molecule has 0 atom stereocenters. The van der Waals surface area contributed by atoms with Crippen LogP contribution in [0, 0.1) is 11.6 Å². The first-order valence-electron chi connectivity index (χ1n) is 8.87. The minimum Gasteiger partial charge on any atom is -0.236 e. The van der Waals surface area contributed by atoms with Crippen molar-refractivity contribution in [3.8, 4) is 33.6 Å². The van der Waals surface area contributed by atoms with Crippen molar-refractivity contribution in [2.24, 2.45) is 0 Å². The lowest BCUT2D eigenvalue weighted by Gasteiger charge is -2.09. The van der Waals surface area contributed by atoms with Crippen LogP contribution >= 0.6 is 0 Å². The van der Waals surface area contributed by atoms with Crippen LogP contribution in [0.2, 0.25) is 0 Å². The number of nitrogens with zero attached hydrogens (tertiary/aromatic N) is 2. The molecule has 30 heavy (non-hydrogen) atoms. The number of hydrogen-bond acceptors (Lipinski definition) is 2. The SMILES string of the molecule is Fc1cccc(F)c1-c1ncc(-c2ccc(-c3cccc(C(F)(F)F)c3)cc2)cn1. The second-order valence-electron chi connectivity index (χ2n) is 6.55. The van der Waals surface area contributed by atoms with Gasteiger partial charge in [0.2, 0.25) is 0 Å². The summed E-state index contributed by atoms with van der Waals surface area (Å²) in [5.74, 6) is -1.59. The Morgan fingerprint density at radius 2 is 1.13 bits per heavy atom. The van der Waals surface area contributed by atoms with Crippen molar-refractivity contribution in [2.45, 2.75) is 6.18 Å². The number of rotatable bonds is 3. The zero-order valence-corrected chi connectivity index (χ0v) is 15.3. The summed E-state index contributed by atoms with van der Waals surface area (Å²) in [6, 6.07) is 15.4. The summed E-state index contributed by atoms with van der Waals surface area (Å²) in [5.41, 5.74) is 1.36. The van der Waals surface area contributed by atoms with Crippen LogP contribution in [0.1, 0.15) is 5.56 Å². The first-order chi connectivity index (χ1) is 14.3. The second kappa shape index (κ2) is 7.67. The molecular weight excluding hydrogens is 399 g/mol. The number of halogens is 5. The van der Waals surface area contributed by atoms with Gasteiger partial charge in [0.15, 0.2) is 5.82 Å². The zero-order valence-electron chi connectivity index (χ0n) is 15.3. The molecule has 4 aromatic rings. The van der Waals surface area contributed by atoms with E-state index < -0.39 is 23.4 Å². The van der Waals surface area contributed by atoms with Gasteiger partial charge in [0, 0.05) is 18.0 Å². The molecule has 1 aromatic heterocycles. The van der Waals surface area contributed by atoms with Crippen LogP contribution in [0.4, 0.5) is 22.0 Å². The van der Waals surface area contributed by atoms with Gasteiger partial charge in [-0.3, -0.25) is 0 Å². The largest absolute Gasteiger partial charge is 0.416 e. The van der Waals surface area contributed by atoms with Crippen LogP contribution in [0.15, 0.2) is 79.1 Å². The fourth-order valence-corrected chi connectivity index (χ4v) is 3.05. The van der Waals surface area contributed by atoms with Gasteiger partial charge in [-0.1, -0.05) is 42.5 Å². The molecule has 0 saturated heterocycles. The number of benzene rings is 3. The highest BCUT2D eigenvalue weighted by atomic mass is 19.4. The van der Waals surface area contributed by atoms with Gasteiger partial charge in [-0.05, 0) is 41.0 Å². The highest BCUT2D eigenvalue weighted by Crippen LogP contribution is 2.33. The smallest absolute Gasteiger partial charge is 0.236 e. The van der Waals surface area contributed by atoms with Gasteiger partial charge >= 0.3 is 6.18 Å². The van der Waals surface area contributed by atoms with Crippen LogP contribution in [0.3, 0.4) is 0 Å². The van der Waals surface area contributed by atoms with E-state index in [0.717, 1.165) is 24.3 Å². The summed E-state index contributed by atoms with van der Waals surface area (Å²) >= 11 is 0. The lowest BCUT2D eigenvalue weighted by Crippen LogP contribution is -2.04. The Hall–Kier alpha value is -3.61. The Bertz CT molecular complexity index is 1160. The summed E-state index contributed by atoms with van der Waals surface area (Å²) in [4.78, 5) is 8.10. The molecule has 0 unspecified atom stereocenters. The van der Waals surface area contributed by atoms with E-state index in [2.05, 4.69) is 9.97 Å². The van der Waals surface area contributed by atoms with E-state index in [-0.39, 0.29) is 11.4 Å². The Labute approximate surface area is 168 Å². The molecule has 0 saturated carbocycles. The summed E-state index contributed by atoms with van der Waals surface area (Å²) in [6.45, 7) is 0.